The molecule has 0 saturated heterocycles. The highest BCUT2D eigenvalue weighted by molar-refractivity contribution is 9.10. The van der Waals surface area contributed by atoms with Gasteiger partial charge in [-0.2, -0.15) is 5.10 Å². The maximum Gasteiger partial charge on any atom is 0.234 e. The minimum atomic E-state index is -0.126. The molecular weight excluding hydrogens is 412 g/mol. The topological polar surface area (TPSA) is 59.8 Å². The zero-order valence-electron chi connectivity index (χ0n) is 12.3. The highest BCUT2D eigenvalue weighted by Gasteiger charge is 2.11. The summed E-state index contributed by atoms with van der Waals surface area (Å²) in [6.07, 6.45) is 3.00. The van der Waals surface area contributed by atoms with E-state index in [-0.39, 0.29) is 11.7 Å². The van der Waals surface area contributed by atoms with Crippen LogP contribution in [-0.2, 0) is 4.79 Å². The van der Waals surface area contributed by atoms with E-state index in [9.17, 15) is 4.79 Å². The lowest BCUT2D eigenvalue weighted by Gasteiger charge is -2.11. The number of thioether (sulfide) groups is 1. The molecule has 5 nitrogen and oxygen atoms in total. The molecule has 0 fully saturated rings. The average molecular weight is 424 g/mol. The molecule has 0 spiro atoms. The third-order valence-corrected chi connectivity index (χ3v) is 5.36. The van der Waals surface area contributed by atoms with Gasteiger partial charge in [-0.1, -0.05) is 23.7 Å². The summed E-state index contributed by atoms with van der Waals surface area (Å²) in [5.41, 5.74) is 1.29. The quantitative estimate of drug-likeness (QED) is 0.617. The van der Waals surface area contributed by atoms with Gasteiger partial charge in [-0.05, 0) is 46.3 Å². The number of anilines is 1. The molecule has 0 bridgehead atoms. The van der Waals surface area contributed by atoms with Gasteiger partial charge in [0.2, 0.25) is 5.91 Å². The Balaban J connectivity index is 1.72. The molecule has 1 aromatic heterocycles. The summed E-state index contributed by atoms with van der Waals surface area (Å²) >= 11 is 11.0. The number of benzene rings is 2. The highest BCUT2D eigenvalue weighted by atomic mass is 79.9. The maximum atomic E-state index is 12.3. The van der Waals surface area contributed by atoms with Gasteiger partial charge in [0.15, 0.2) is 0 Å². The van der Waals surface area contributed by atoms with E-state index >= 15 is 0 Å². The minimum absolute atomic E-state index is 0.126. The summed E-state index contributed by atoms with van der Waals surface area (Å²) in [5.74, 6) is 0.158. The standard InChI is InChI=1S/C16H12BrClN4OS/c17-12-3-1-2-4-15(12)24-8-16(23)21-13-7-11(18)5-6-14(13)22-10-19-9-20-22/h1-7,9-10H,8H2,(H,21,23). The van der Waals surface area contributed by atoms with E-state index in [2.05, 4.69) is 31.3 Å². The zero-order valence-corrected chi connectivity index (χ0v) is 15.5. The first kappa shape index (κ1) is 17.0. The smallest absolute Gasteiger partial charge is 0.234 e. The van der Waals surface area contributed by atoms with Gasteiger partial charge in [0.1, 0.15) is 12.7 Å². The second-order valence-electron chi connectivity index (χ2n) is 4.77. The number of rotatable bonds is 5. The van der Waals surface area contributed by atoms with Crippen LogP contribution in [-0.4, -0.2) is 26.4 Å². The van der Waals surface area contributed by atoms with E-state index in [1.807, 2.05) is 24.3 Å². The first-order valence-corrected chi connectivity index (χ1v) is 9.11. The molecule has 1 heterocycles. The van der Waals surface area contributed by atoms with Crippen molar-refractivity contribution in [2.75, 3.05) is 11.1 Å². The van der Waals surface area contributed by atoms with Crippen molar-refractivity contribution in [3.8, 4) is 5.69 Å². The molecule has 3 aromatic rings. The predicted octanol–water partition coefficient (Wildman–Crippen LogP) is 4.41. The molecule has 0 unspecified atom stereocenters. The Kier molecular flexibility index (Phi) is 5.55. The lowest BCUT2D eigenvalue weighted by atomic mass is 10.2. The van der Waals surface area contributed by atoms with Crippen LogP contribution in [0.15, 0.2) is 64.5 Å². The lowest BCUT2D eigenvalue weighted by Crippen LogP contribution is -2.16. The Labute approximate surface area is 156 Å². The summed E-state index contributed by atoms with van der Waals surface area (Å²) in [7, 11) is 0. The second-order valence-corrected chi connectivity index (χ2v) is 7.08. The van der Waals surface area contributed by atoms with Crippen LogP contribution in [0.4, 0.5) is 5.69 Å². The number of amides is 1. The van der Waals surface area contributed by atoms with Gasteiger partial charge in [-0.15, -0.1) is 11.8 Å². The van der Waals surface area contributed by atoms with E-state index in [1.165, 1.54) is 18.1 Å². The fourth-order valence-corrected chi connectivity index (χ4v) is 3.57. The monoisotopic (exact) mass is 422 g/mol. The fraction of sp³-hybridized carbons (Fsp3) is 0.0625. The van der Waals surface area contributed by atoms with Gasteiger partial charge < -0.3 is 5.32 Å². The SMILES string of the molecule is O=C(CSc1ccccc1Br)Nc1cc(Cl)ccc1-n1cncn1. The van der Waals surface area contributed by atoms with Crippen LogP contribution in [0.2, 0.25) is 5.02 Å². The van der Waals surface area contributed by atoms with Crippen molar-refractivity contribution in [1.82, 2.24) is 14.8 Å². The van der Waals surface area contributed by atoms with Crippen molar-refractivity contribution in [2.24, 2.45) is 0 Å². The van der Waals surface area contributed by atoms with Crippen LogP contribution in [0.25, 0.3) is 5.69 Å². The summed E-state index contributed by atoms with van der Waals surface area (Å²) in [6, 6.07) is 13.0. The molecule has 0 aliphatic rings. The number of nitrogens with zero attached hydrogens (tertiary/aromatic N) is 3. The van der Waals surface area contributed by atoms with E-state index < -0.39 is 0 Å². The first-order chi connectivity index (χ1) is 11.6. The van der Waals surface area contributed by atoms with Gasteiger partial charge >= 0.3 is 0 Å². The predicted molar refractivity (Wildman–Crippen MR) is 99.9 cm³/mol. The molecule has 8 heteroatoms. The number of halogens is 2. The number of aromatic nitrogens is 3. The molecule has 0 aliphatic carbocycles. The van der Waals surface area contributed by atoms with Gasteiger partial charge in [-0.25, -0.2) is 9.67 Å². The van der Waals surface area contributed by atoms with Crippen LogP contribution >= 0.6 is 39.3 Å². The molecule has 0 atom stereocenters. The summed E-state index contributed by atoms with van der Waals surface area (Å²) < 4.78 is 2.54. The number of carbonyl (C=O) groups is 1. The van der Waals surface area contributed by atoms with Crippen molar-refractivity contribution in [1.29, 1.82) is 0 Å². The van der Waals surface area contributed by atoms with Crippen molar-refractivity contribution in [3.05, 3.63) is 64.6 Å². The van der Waals surface area contributed by atoms with Gasteiger partial charge in [0, 0.05) is 14.4 Å². The van der Waals surface area contributed by atoms with E-state index in [4.69, 9.17) is 11.6 Å². The molecular formula is C16H12BrClN4OS. The van der Waals surface area contributed by atoms with Gasteiger partial charge in [-0.3, -0.25) is 4.79 Å². The number of hydrogen-bond acceptors (Lipinski definition) is 4. The molecule has 3 rings (SSSR count). The number of nitrogens with one attached hydrogen (secondary N) is 1. The Morgan fingerprint density at radius 2 is 2.12 bits per heavy atom. The molecule has 122 valence electrons. The number of carbonyl (C=O) groups excluding carboxylic acids is 1. The van der Waals surface area contributed by atoms with E-state index in [0.29, 0.717) is 16.4 Å². The third-order valence-electron chi connectivity index (χ3n) is 3.09. The van der Waals surface area contributed by atoms with Gasteiger partial charge in [0.05, 0.1) is 17.1 Å². The third kappa shape index (κ3) is 4.17. The van der Waals surface area contributed by atoms with Crippen molar-refractivity contribution >= 4 is 50.9 Å². The molecule has 0 radical (unpaired) electrons. The van der Waals surface area contributed by atoms with Crippen molar-refractivity contribution < 1.29 is 4.79 Å². The largest absolute Gasteiger partial charge is 0.323 e. The molecule has 2 aromatic carbocycles. The zero-order chi connectivity index (χ0) is 16.9. The lowest BCUT2D eigenvalue weighted by molar-refractivity contribution is -0.113. The fourth-order valence-electron chi connectivity index (χ4n) is 2.03. The van der Waals surface area contributed by atoms with Gasteiger partial charge in [0.25, 0.3) is 0 Å². The Morgan fingerprint density at radius 1 is 1.29 bits per heavy atom. The molecule has 1 amide bonds. The van der Waals surface area contributed by atoms with E-state index in [0.717, 1.165) is 9.37 Å². The van der Waals surface area contributed by atoms with Crippen LogP contribution < -0.4 is 5.32 Å². The Morgan fingerprint density at radius 3 is 2.88 bits per heavy atom. The summed E-state index contributed by atoms with van der Waals surface area (Å²) in [4.78, 5) is 17.2. The summed E-state index contributed by atoms with van der Waals surface area (Å²) in [5, 5.41) is 7.51. The maximum absolute atomic E-state index is 12.3. The van der Waals surface area contributed by atoms with Crippen LogP contribution in [0.5, 0.6) is 0 Å². The molecule has 24 heavy (non-hydrogen) atoms. The van der Waals surface area contributed by atoms with Crippen molar-refractivity contribution in [3.63, 3.8) is 0 Å². The minimum Gasteiger partial charge on any atom is -0.323 e. The summed E-state index contributed by atoms with van der Waals surface area (Å²) in [6.45, 7) is 0. The highest BCUT2D eigenvalue weighted by Crippen LogP contribution is 2.28. The van der Waals surface area contributed by atoms with Crippen LogP contribution in [0, 0.1) is 0 Å². The molecule has 0 saturated carbocycles. The number of hydrogen-bond donors (Lipinski definition) is 1. The second kappa shape index (κ2) is 7.83. The Bertz CT molecular complexity index is 857. The Hall–Kier alpha value is -1.83. The first-order valence-electron chi connectivity index (χ1n) is 6.95. The van der Waals surface area contributed by atoms with Crippen molar-refractivity contribution in [2.45, 2.75) is 4.90 Å². The van der Waals surface area contributed by atoms with Crippen LogP contribution in [0.3, 0.4) is 0 Å². The average Bonchev–Trinajstić information content (AvgIpc) is 3.08. The molecule has 0 aliphatic heterocycles. The normalized spacial score (nSPS) is 10.6. The molecule has 1 N–H and O–H groups in total. The van der Waals surface area contributed by atoms with E-state index in [1.54, 1.807) is 29.2 Å². The van der Waals surface area contributed by atoms with Crippen LogP contribution in [0.1, 0.15) is 0 Å².